The van der Waals surface area contributed by atoms with Crippen molar-refractivity contribution < 1.29 is 4.79 Å². The number of fused-ring (bicyclic) bond motifs is 1. The van der Waals surface area contributed by atoms with Gasteiger partial charge in [0.2, 0.25) is 0 Å². The molecule has 0 radical (unpaired) electrons. The summed E-state index contributed by atoms with van der Waals surface area (Å²) in [6, 6.07) is 7.89. The Kier molecular flexibility index (Phi) is 3.97. The third kappa shape index (κ3) is 2.68. The van der Waals surface area contributed by atoms with Crippen molar-refractivity contribution in [2.45, 2.75) is 44.9 Å². The molecule has 2 aromatic heterocycles. The molecule has 3 heteroatoms. The van der Waals surface area contributed by atoms with Crippen molar-refractivity contribution in [3.05, 3.63) is 51.5 Å². The number of aryl methyl sites for hydroxylation is 2. The summed E-state index contributed by atoms with van der Waals surface area (Å²) in [5, 5.41) is 0. The third-order valence-electron chi connectivity index (χ3n) is 4.01. The van der Waals surface area contributed by atoms with Gasteiger partial charge in [0.1, 0.15) is 0 Å². The molecule has 0 aliphatic heterocycles. The average Bonchev–Trinajstić information content (AvgIpc) is 2.77. The van der Waals surface area contributed by atoms with E-state index in [0.29, 0.717) is 0 Å². The number of hydrogen-bond acceptors (Lipinski definition) is 3. The Balaban J connectivity index is 1.84. The average molecular weight is 285 g/mol. The van der Waals surface area contributed by atoms with Gasteiger partial charge in [-0.25, -0.2) is 0 Å². The van der Waals surface area contributed by atoms with Crippen LogP contribution in [0, 0.1) is 0 Å². The van der Waals surface area contributed by atoms with Gasteiger partial charge in [-0.1, -0.05) is 12.5 Å². The molecule has 1 aliphatic rings. The second-order valence-corrected chi connectivity index (χ2v) is 6.60. The van der Waals surface area contributed by atoms with Crippen LogP contribution in [0.15, 0.2) is 30.5 Å². The van der Waals surface area contributed by atoms with Crippen LogP contribution >= 0.6 is 11.3 Å². The van der Waals surface area contributed by atoms with E-state index in [1.807, 2.05) is 25.1 Å². The molecule has 0 spiro atoms. The summed E-state index contributed by atoms with van der Waals surface area (Å²) in [5.74, 6) is 0.0558. The minimum absolute atomic E-state index is 0.154. The van der Waals surface area contributed by atoms with E-state index >= 15 is 0 Å². The van der Waals surface area contributed by atoms with Crippen molar-refractivity contribution >= 4 is 17.1 Å². The number of ketones is 1. The molecule has 0 fully saturated rings. The fraction of sp³-hybridized carbons (Fsp3) is 0.412. The molecule has 20 heavy (non-hydrogen) atoms. The molecular formula is C17H19NOS. The molecule has 0 saturated heterocycles. The van der Waals surface area contributed by atoms with E-state index in [4.69, 9.17) is 0 Å². The second-order valence-electron chi connectivity index (χ2n) is 5.46. The lowest BCUT2D eigenvalue weighted by Crippen LogP contribution is -2.09. The number of hydrogen-bond donors (Lipinski definition) is 0. The molecule has 2 aromatic rings. The summed E-state index contributed by atoms with van der Waals surface area (Å²) in [7, 11) is 0. The van der Waals surface area contributed by atoms with E-state index in [1.54, 1.807) is 17.5 Å². The van der Waals surface area contributed by atoms with Crippen LogP contribution in [-0.2, 0) is 12.8 Å². The number of rotatable bonds is 3. The van der Waals surface area contributed by atoms with Gasteiger partial charge in [-0.05, 0) is 56.4 Å². The molecule has 1 aliphatic carbocycles. The zero-order valence-electron chi connectivity index (χ0n) is 11.8. The fourth-order valence-electron chi connectivity index (χ4n) is 2.77. The lowest BCUT2D eigenvalue weighted by atomic mass is 10.00. The lowest BCUT2D eigenvalue weighted by Gasteiger charge is -2.07. The Morgan fingerprint density at radius 2 is 2.10 bits per heavy atom. The molecule has 1 atom stereocenters. The highest BCUT2D eigenvalue weighted by Crippen LogP contribution is 2.31. The van der Waals surface area contributed by atoms with E-state index in [-0.39, 0.29) is 11.7 Å². The van der Waals surface area contributed by atoms with Gasteiger partial charge in [-0.2, -0.15) is 0 Å². The van der Waals surface area contributed by atoms with Crippen LogP contribution in [0.3, 0.4) is 0 Å². The number of thiophene rings is 1. The summed E-state index contributed by atoms with van der Waals surface area (Å²) in [5.41, 5.74) is 2.27. The summed E-state index contributed by atoms with van der Waals surface area (Å²) in [6.45, 7) is 1.95. The van der Waals surface area contributed by atoms with Gasteiger partial charge in [-0.3, -0.25) is 9.78 Å². The largest absolute Gasteiger partial charge is 0.293 e. The lowest BCUT2D eigenvalue weighted by molar-refractivity contribution is 0.0968. The first-order valence-electron chi connectivity index (χ1n) is 7.32. The van der Waals surface area contributed by atoms with Gasteiger partial charge in [-0.15, -0.1) is 11.3 Å². The van der Waals surface area contributed by atoms with Crippen LogP contribution in [0.1, 0.15) is 57.9 Å². The standard InChI is InChI=1S/C17H19NOS/c1-12(14-8-5-6-10-18-14)17(19)16-11-13-7-3-2-4-9-15(13)20-16/h5-6,8,10-12H,2-4,7,9H2,1H3. The SMILES string of the molecule is CC(C(=O)c1cc2c(s1)CCCCC2)c1ccccn1. The fourth-order valence-corrected chi connectivity index (χ4v) is 4.05. The third-order valence-corrected chi connectivity index (χ3v) is 5.27. The molecule has 0 aromatic carbocycles. The minimum atomic E-state index is -0.154. The van der Waals surface area contributed by atoms with E-state index in [9.17, 15) is 4.79 Å². The van der Waals surface area contributed by atoms with Crippen molar-refractivity contribution in [2.24, 2.45) is 0 Å². The molecule has 0 bridgehead atoms. The van der Waals surface area contributed by atoms with Crippen molar-refractivity contribution in [3.8, 4) is 0 Å². The topological polar surface area (TPSA) is 30.0 Å². The molecule has 3 rings (SSSR count). The number of aromatic nitrogens is 1. The summed E-state index contributed by atoms with van der Waals surface area (Å²) in [6.07, 6.45) is 7.87. The molecule has 0 amide bonds. The van der Waals surface area contributed by atoms with Crippen molar-refractivity contribution in [2.75, 3.05) is 0 Å². The van der Waals surface area contributed by atoms with Gasteiger partial charge >= 0.3 is 0 Å². The molecule has 104 valence electrons. The Morgan fingerprint density at radius 1 is 1.25 bits per heavy atom. The van der Waals surface area contributed by atoms with Crippen LogP contribution in [0.25, 0.3) is 0 Å². The number of pyridine rings is 1. The van der Waals surface area contributed by atoms with Gasteiger partial charge in [0.15, 0.2) is 5.78 Å². The maximum absolute atomic E-state index is 12.6. The maximum atomic E-state index is 12.6. The molecule has 2 heterocycles. The van der Waals surface area contributed by atoms with Crippen molar-refractivity contribution in [1.82, 2.24) is 4.98 Å². The van der Waals surface area contributed by atoms with Gasteiger partial charge in [0.25, 0.3) is 0 Å². The number of carbonyl (C=O) groups excluding carboxylic acids is 1. The van der Waals surface area contributed by atoms with Crippen LogP contribution in [0.2, 0.25) is 0 Å². The summed E-state index contributed by atoms with van der Waals surface area (Å²) < 4.78 is 0. The minimum Gasteiger partial charge on any atom is -0.293 e. The van der Waals surface area contributed by atoms with Crippen molar-refractivity contribution in [3.63, 3.8) is 0 Å². The number of carbonyl (C=O) groups is 1. The van der Waals surface area contributed by atoms with Gasteiger partial charge < -0.3 is 0 Å². The number of Topliss-reactive ketones (excluding diaryl/α,β-unsaturated/α-hetero) is 1. The zero-order chi connectivity index (χ0) is 13.9. The first-order valence-corrected chi connectivity index (χ1v) is 8.14. The Morgan fingerprint density at radius 3 is 2.90 bits per heavy atom. The highest BCUT2D eigenvalue weighted by atomic mass is 32.1. The normalized spacial score (nSPS) is 16.2. The highest BCUT2D eigenvalue weighted by molar-refractivity contribution is 7.14. The molecule has 0 saturated carbocycles. The quantitative estimate of drug-likeness (QED) is 0.618. The second kappa shape index (κ2) is 5.88. The molecule has 1 unspecified atom stereocenters. The van der Waals surface area contributed by atoms with E-state index < -0.39 is 0 Å². The summed E-state index contributed by atoms with van der Waals surface area (Å²) in [4.78, 5) is 19.3. The maximum Gasteiger partial charge on any atom is 0.181 e. The zero-order valence-corrected chi connectivity index (χ0v) is 12.6. The highest BCUT2D eigenvalue weighted by Gasteiger charge is 2.22. The van der Waals surface area contributed by atoms with Gasteiger partial charge in [0.05, 0.1) is 16.5 Å². The summed E-state index contributed by atoms with van der Waals surface area (Å²) >= 11 is 1.70. The van der Waals surface area contributed by atoms with Crippen molar-refractivity contribution in [1.29, 1.82) is 0 Å². The van der Waals surface area contributed by atoms with Crippen LogP contribution < -0.4 is 0 Å². The Bertz CT molecular complexity index is 579. The first kappa shape index (κ1) is 13.5. The van der Waals surface area contributed by atoms with E-state index in [1.165, 1.54) is 29.7 Å². The van der Waals surface area contributed by atoms with E-state index in [2.05, 4.69) is 11.1 Å². The molecule has 0 N–H and O–H groups in total. The monoisotopic (exact) mass is 285 g/mol. The van der Waals surface area contributed by atoms with Gasteiger partial charge in [0, 0.05) is 11.1 Å². The Labute approximate surface area is 123 Å². The first-order chi connectivity index (χ1) is 9.75. The van der Waals surface area contributed by atoms with Crippen LogP contribution in [0.5, 0.6) is 0 Å². The predicted molar refractivity (Wildman–Crippen MR) is 82.6 cm³/mol. The number of nitrogens with zero attached hydrogens (tertiary/aromatic N) is 1. The Hall–Kier alpha value is -1.48. The molecule has 2 nitrogen and oxygen atoms in total. The van der Waals surface area contributed by atoms with Crippen LogP contribution in [0.4, 0.5) is 0 Å². The van der Waals surface area contributed by atoms with Crippen LogP contribution in [-0.4, -0.2) is 10.8 Å². The predicted octanol–water partition coefficient (Wildman–Crippen LogP) is 4.40. The molecular weight excluding hydrogens is 266 g/mol. The van der Waals surface area contributed by atoms with E-state index in [0.717, 1.165) is 23.4 Å². The smallest absolute Gasteiger partial charge is 0.181 e.